The molecule has 5 nitrogen and oxygen atoms in total. The molecule has 0 spiro atoms. The number of anilines is 4. The van der Waals surface area contributed by atoms with Crippen LogP contribution in [0.15, 0.2) is 54.7 Å². The smallest absolute Gasteiger partial charge is 0.421 e. The zero-order chi connectivity index (χ0) is 21.7. The minimum atomic E-state index is -4.59. The van der Waals surface area contributed by atoms with Crippen molar-refractivity contribution in [2.75, 3.05) is 23.9 Å². The van der Waals surface area contributed by atoms with Crippen LogP contribution in [0.1, 0.15) is 24.5 Å². The molecular weight excluding hydrogens is 393 g/mol. The van der Waals surface area contributed by atoms with Crippen molar-refractivity contribution in [3.05, 3.63) is 65.9 Å². The first-order valence-electron chi connectivity index (χ1n) is 9.52. The summed E-state index contributed by atoms with van der Waals surface area (Å²) in [6.45, 7) is 4.52. The SMILES string of the molecule is CCCOc1ccc(N(C)c2nc(Nc3ccc(C)cc3)ncc2C(F)(F)F)cc1. The molecule has 0 aliphatic rings. The van der Waals surface area contributed by atoms with Crippen LogP contribution < -0.4 is 15.0 Å². The summed E-state index contributed by atoms with van der Waals surface area (Å²) >= 11 is 0. The topological polar surface area (TPSA) is 50.3 Å². The second-order valence-electron chi connectivity index (χ2n) is 6.82. The zero-order valence-corrected chi connectivity index (χ0v) is 17.0. The lowest BCUT2D eigenvalue weighted by molar-refractivity contribution is -0.137. The Hall–Kier alpha value is -3.29. The van der Waals surface area contributed by atoms with E-state index in [0.717, 1.165) is 18.2 Å². The summed E-state index contributed by atoms with van der Waals surface area (Å²) in [4.78, 5) is 9.40. The summed E-state index contributed by atoms with van der Waals surface area (Å²) in [5, 5.41) is 2.95. The molecule has 0 fully saturated rings. The third-order valence-electron chi connectivity index (χ3n) is 4.40. The second kappa shape index (κ2) is 9.02. The molecule has 2 aromatic carbocycles. The summed E-state index contributed by atoms with van der Waals surface area (Å²) in [5.74, 6) is 0.500. The van der Waals surface area contributed by atoms with Crippen molar-refractivity contribution in [3.63, 3.8) is 0 Å². The molecule has 158 valence electrons. The Morgan fingerprint density at radius 2 is 1.70 bits per heavy atom. The number of halogens is 3. The van der Waals surface area contributed by atoms with Crippen LogP contribution >= 0.6 is 0 Å². The van der Waals surface area contributed by atoms with Crippen molar-refractivity contribution < 1.29 is 17.9 Å². The third-order valence-corrected chi connectivity index (χ3v) is 4.40. The maximum absolute atomic E-state index is 13.6. The highest BCUT2D eigenvalue weighted by atomic mass is 19.4. The fraction of sp³-hybridized carbons (Fsp3) is 0.273. The molecule has 0 aliphatic carbocycles. The highest BCUT2D eigenvalue weighted by molar-refractivity contribution is 5.65. The fourth-order valence-electron chi connectivity index (χ4n) is 2.76. The molecule has 1 heterocycles. The fourth-order valence-corrected chi connectivity index (χ4v) is 2.76. The Morgan fingerprint density at radius 1 is 1.03 bits per heavy atom. The predicted molar refractivity (Wildman–Crippen MR) is 112 cm³/mol. The van der Waals surface area contributed by atoms with Crippen LogP contribution in [0.25, 0.3) is 0 Å². The molecule has 1 N–H and O–H groups in total. The van der Waals surface area contributed by atoms with E-state index in [1.165, 1.54) is 11.9 Å². The normalized spacial score (nSPS) is 11.3. The summed E-state index contributed by atoms with van der Waals surface area (Å²) < 4.78 is 46.3. The van der Waals surface area contributed by atoms with Gasteiger partial charge in [-0.2, -0.15) is 18.2 Å². The minimum Gasteiger partial charge on any atom is -0.494 e. The molecule has 0 amide bonds. The maximum Gasteiger partial charge on any atom is 0.421 e. The molecule has 3 aromatic rings. The molecule has 0 radical (unpaired) electrons. The monoisotopic (exact) mass is 416 g/mol. The van der Waals surface area contributed by atoms with Gasteiger partial charge in [0.1, 0.15) is 11.3 Å². The van der Waals surface area contributed by atoms with Crippen LogP contribution in [0, 0.1) is 6.92 Å². The highest BCUT2D eigenvalue weighted by Gasteiger charge is 2.36. The highest BCUT2D eigenvalue weighted by Crippen LogP contribution is 2.38. The van der Waals surface area contributed by atoms with E-state index < -0.39 is 11.7 Å². The van der Waals surface area contributed by atoms with Gasteiger partial charge in [0.05, 0.1) is 6.61 Å². The average molecular weight is 416 g/mol. The number of alkyl halides is 3. The van der Waals surface area contributed by atoms with E-state index in [4.69, 9.17) is 4.74 Å². The van der Waals surface area contributed by atoms with E-state index in [1.54, 1.807) is 24.3 Å². The van der Waals surface area contributed by atoms with Crippen molar-refractivity contribution >= 4 is 23.1 Å². The molecule has 1 aromatic heterocycles. The molecule has 0 saturated carbocycles. The van der Waals surface area contributed by atoms with Crippen LogP contribution in [-0.4, -0.2) is 23.6 Å². The molecule has 3 rings (SSSR count). The van der Waals surface area contributed by atoms with Crippen molar-refractivity contribution in [2.24, 2.45) is 0 Å². The zero-order valence-electron chi connectivity index (χ0n) is 17.0. The van der Waals surface area contributed by atoms with Crippen LogP contribution in [0.3, 0.4) is 0 Å². The van der Waals surface area contributed by atoms with Crippen LogP contribution in [0.4, 0.5) is 36.3 Å². The number of benzene rings is 2. The van der Waals surface area contributed by atoms with E-state index >= 15 is 0 Å². The van der Waals surface area contributed by atoms with E-state index in [1.807, 2.05) is 38.1 Å². The third kappa shape index (κ3) is 5.20. The van der Waals surface area contributed by atoms with Gasteiger partial charge in [0, 0.05) is 24.6 Å². The lowest BCUT2D eigenvalue weighted by atomic mass is 10.2. The van der Waals surface area contributed by atoms with E-state index in [2.05, 4.69) is 15.3 Å². The van der Waals surface area contributed by atoms with Gasteiger partial charge in [0.15, 0.2) is 5.82 Å². The maximum atomic E-state index is 13.6. The summed E-state index contributed by atoms with van der Waals surface area (Å²) in [6, 6.07) is 14.2. The number of ether oxygens (including phenoxy) is 1. The van der Waals surface area contributed by atoms with Crippen molar-refractivity contribution in [1.29, 1.82) is 0 Å². The van der Waals surface area contributed by atoms with Gasteiger partial charge in [-0.05, 0) is 49.7 Å². The Labute approximate surface area is 173 Å². The quantitative estimate of drug-likeness (QED) is 0.504. The first-order valence-corrected chi connectivity index (χ1v) is 9.52. The number of nitrogens with zero attached hydrogens (tertiary/aromatic N) is 3. The lowest BCUT2D eigenvalue weighted by Crippen LogP contribution is -2.19. The average Bonchev–Trinajstić information content (AvgIpc) is 2.73. The van der Waals surface area contributed by atoms with E-state index in [9.17, 15) is 13.2 Å². The summed E-state index contributed by atoms with van der Waals surface area (Å²) in [5.41, 5.74) is 1.39. The lowest BCUT2D eigenvalue weighted by Gasteiger charge is -2.23. The number of aryl methyl sites for hydroxylation is 1. The van der Waals surface area contributed by atoms with E-state index in [0.29, 0.717) is 23.7 Å². The first-order chi connectivity index (χ1) is 14.3. The van der Waals surface area contributed by atoms with Gasteiger partial charge in [-0.25, -0.2) is 4.98 Å². The molecule has 0 atom stereocenters. The Balaban J connectivity index is 1.92. The van der Waals surface area contributed by atoms with Crippen molar-refractivity contribution in [3.8, 4) is 5.75 Å². The standard InChI is InChI=1S/C22H23F3N4O/c1-4-13-30-18-11-9-17(10-12-18)29(3)20-19(22(23,24)25)14-26-21(28-20)27-16-7-5-15(2)6-8-16/h5-12,14H,4,13H2,1-3H3,(H,26,27,28). The van der Waals surface area contributed by atoms with Gasteiger partial charge >= 0.3 is 6.18 Å². The molecule has 0 unspecified atom stereocenters. The van der Waals surface area contributed by atoms with Crippen molar-refractivity contribution in [1.82, 2.24) is 9.97 Å². The molecular formula is C22H23F3N4O. The van der Waals surface area contributed by atoms with Crippen LogP contribution in [-0.2, 0) is 6.18 Å². The number of hydrogen-bond acceptors (Lipinski definition) is 5. The van der Waals surface area contributed by atoms with Gasteiger partial charge in [-0.3, -0.25) is 0 Å². The van der Waals surface area contributed by atoms with Gasteiger partial charge in [-0.1, -0.05) is 24.6 Å². The number of hydrogen-bond donors (Lipinski definition) is 1. The summed E-state index contributed by atoms with van der Waals surface area (Å²) in [6.07, 6.45) is -2.92. The minimum absolute atomic E-state index is 0.0802. The molecule has 0 bridgehead atoms. The Morgan fingerprint density at radius 3 is 2.30 bits per heavy atom. The molecule has 0 aliphatic heterocycles. The largest absolute Gasteiger partial charge is 0.494 e. The number of aromatic nitrogens is 2. The van der Waals surface area contributed by atoms with Crippen LogP contribution in [0.5, 0.6) is 5.75 Å². The second-order valence-corrected chi connectivity index (χ2v) is 6.82. The van der Waals surface area contributed by atoms with Crippen LogP contribution in [0.2, 0.25) is 0 Å². The molecule has 8 heteroatoms. The Bertz CT molecular complexity index is 973. The molecule has 30 heavy (non-hydrogen) atoms. The first kappa shape index (κ1) is 21.4. The van der Waals surface area contributed by atoms with Gasteiger partial charge in [0.25, 0.3) is 0 Å². The summed E-state index contributed by atoms with van der Waals surface area (Å²) in [7, 11) is 1.54. The van der Waals surface area contributed by atoms with Gasteiger partial charge in [-0.15, -0.1) is 0 Å². The molecule has 0 saturated heterocycles. The van der Waals surface area contributed by atoms with Gasteiger partial charge < -0.3 is 15.0 Å². The number of nitrogens with one attached hydrogen (secondary N) is 1. The Kier molecular flexibility index (Phi) is 6.44. The van der Waals surface area contributed by atoms with Gasteiger partial charge in [0.2, 0.25) is 5.95 Å². The van der Waals surface area contributed by atoms with Crippen molar-refractivity contribution in [2.45, 2.75) is 26.4 Å². The number of rotatable bonds is 7. The van der Waals surface area contributed by atoms with E-state index in [-0.39, 0.29) is 11.8 Å². The predicted octanol–water partition coefficient (Wildman–Crippen LogP) is 6.10.